The van der Waals surface area contributed by atoms with Gasteiger partial charge in [-0.05, 0) is 54.4 Å². The summed E-state index contributed by atoms with van der Waals surface area (Å²) in [5.41, 5.74) is 2.07. The molecule has 9 heteroatoms. The van der Waals surface area contributed by atoms with Gasteiger partial charge in [0.2, 0.25) is 0 Å². The zero-order valence-electron chi connectivity index (χ0n) is 16.5. The summed E-state index contributed by atoms with van der Waals surface area (Å²) < 4.78 is 33.6. The Morgan fingerprint density at radius 2 is 1.80 bits per heavy atom. The second-order valence-corrected chi connectivity index (χ2v) is 10.1. The first kappa shape index (κ1) is 21.3. The molecule has 0 aromatic heterocycles. The molecule has 1 amide bonds. The highest BCUT2D eigenvalue weighted by Gasteiger charge is 2.31. The second-order valence-electron chi connectivity index (χ2n) is 7.33. The lowest BCUT2D eigenvalue weighted by Crippen LogP contribution is -2.41. The summed E-state index contributed by atoms with van der Waals surface area (Å²) in [7, 11) is -3.63. The first-order chi connectivity index (χ1) is 14.4. The molecule has 1 N–H and O–H groups in total. The number of carbonyl (C=O) groups excluding carboxylic acids is 1. The number of nitrogens with zero attached hydrogens (tertiary/aromatic N) is 2. The lowest BCUT2D eigenvalue weighted by atomic mass is 10.1. The summed E-state index contributed by atoms with van der Waals surface area (Å²) in [6.45, 7) is 4.97. The largest absolute Gasteiger partial charge is 0.379 e. The van der Waals surface area contributed by atoms with Gasteiger partial charge in [-0.25, -0.2) is 8.42 Å². The Morgan fingerprint density at radius 3 is 2.53 bits per heavy atom. The number of carbonyl (C=O) groups is 1. The van der Waals surface area contributed by atoms with Crippen LogP contribution in [0.1, 0.15) is 15.9 Å². The number of hydrogen-bond acceptors (Lipinski definition) is 5. The number of rotatable bonds is 6. The second kappa shape index (κ2) is 9.05. The van der Waals surface area contributed by atoms with Crippen LogP contribution in [0, 0.1) is 0 Å². The van der Waals surface area contributed by atoms with Gasteiger partial charge in [-0.15, -0.1) is 0 Å². The molecule has 0 aliphatic carbocycles. The summed E-state index contributed by atoms with van der Waals surface area (Å²) in [4.78, 5) is 15.0. The third-order valence-corrected chi connectivity index (χ3v) is 7.77. The van der Waals surface area contributed by atoms with Crippen LogP contribution in [0.4, 0.5) is 5.69 Å². The number of sulfonamides is 1. The SMILES string of the molecule is O=C(NCCN1CCOCC1)c1ccc2c(c1)CCN2S(=O)(=O)c1ccc(Br)cc1. The van der Waals surface area contributed by atoms with E-state index in [1.165, 1.54) is 4.31 Å². The van der Waals surface area contributed by atoms with Crippen LogP contribution in [-0.2, 0) is 21.2 Å². The highest BCUT2D eigenvalue weighted by molar-refractivity contribution is 9.10. The molecule has 0 unspecified atom stereocenters. The summed E-state index contributed by atoms with van der Waals surface area (Å²) in [6.07, 6.45) is 0.583. The van der Waals surface area contributed by atoms with Crippen molar-refractivity contribution in [3.8, 4) is 0 Å². The molecule has 4 rings (SSSR count). The van der Waals surface area contributed by atoms with Crippen LogP contribution < -0.4 is 9.62 Å². The van der Waals surface area contributed by atoms with E-state index in [4.69, 9.17) is 4.74 Å². The molecule has 2 heterocycles. The Kier molecular flexibility index (Phi) is 6.43. The highest BCUT2D eigenvalue weighted by atomic mass is 79.9. The lowest BCUT2D eigenvalue weighted by molar-refractivity contribution is 0.0383. The van der Waals surface area contributed by atoms with Crippen molar-refractivity contribution < 1.29 is 17.9 Å². The van der Waals surface area contributed by atoms with E-state index in [9.17, 15) is 13.2 Å². The molecule has 2 aromatic carbocycles. The molecule has 1 fully saturated rings. The van der Waals surface area contributed by atoms with E-state index < -0.39 is 10.0 Å². The number of halogens is 1. The van der Waals surface area contributed by atoms with Gasteiger partial charge in [-0.2, -0.15) is 0 Å². The number of fused-ring (bicyclic) bond motifs is 1. The molecule has 160 valence electrons. The van der Waals surface area contributed by atoms with E-state index in [0.29, 0.717) is 30.8 Å². The van der Waals surface area contributed by atoms with E-state index in [2.05, 4.69) is 26.1 Å². The van der Waals surface area contributed by atoms with Crippen molar-refractivity contribution in [3.05, 3.63) is 58.1 Å². The van der Waals surface area contributed by atoms with Gasteiger partial charge in [0.25, 0.3) is 15.9 Å². The first-order valence-electron chi connectivity index (χ1n) is 9.95. The molecule has 0 bridgehead atoms. The molecule has 7 nitrogen and oxygen atoms in total. The van der Waals surface area contributed by atoms with Gasteiger partial charge in [0, 0.05) is 42.8 Å². The summed E-state index contributed by atoms with van der Waals surface area (Å²) in [5.74, 6) is -0.139. The van der Waals surface area contributed by atoms with E-state index >= 15 is 0 Å². The number of benzene rings is 2. The number of nitrogens with one attached hydrogen (secondary N) is 1. The quantitative estimate of drug-likeness (QED) is 0.667. The molecule has 2 aliphatic rings. The Labute approximate surface area is 185 Å². The fraction of sp³-hybridized carbons (Fsp3) is 0.381. The topological polar surface area (TPSA) is 79.0 Å². The standard InChI is InChI=1S/C21H24BrN3O4S/c22-18-2-4-19(5-3-18)30(27,28)25-9-7-16-15-17(1-6-20(16)25)21(26)23-8-10-24-11-13-29-14-12-24/h1-6,15H,7-14H2,(H,23,26). The van der Waals surface area contributed by atoms with Gasteiger partial charge in [-0.1, -0.05) is 15.9 Å². The molecule has 0 radical (unpaired) electrons. The number of ether oxygens (including phenoxy) is 1. The minimum atomic E-state index is -3.63. The van der Waals surface area contributed by atoms with Gasteiger partial charge in [0.05, 0.1) is 23.8 Å². The van der Waals surface area contributed by atoms with Gasteiger partial charge in [-0.3, -0.25) is 14.0 Å². The van der Waals surface area contributed by atoms with Crippen molar-refractivity contribution in [1.29, 1.82) is 0 Å². The van der Waals surface area contributed by atoms with E-state index in [-0.39, 0.29) is 10.8 Å². The third-order valence-electron chi connectivity index (χ3n) is 5.41. The predicted octanol–water partition coefficient (Wildman–Crippen LogP) is 2.26. The maximum absolute atomic E-state index is 13.0. The van der Waals surface area contributed by atoms with Gasteiger partial charge in [0.15, 0.2) is 0 Å². The average Bonchev–Trinajstić information content (AvgIpc) is 3.19. The van der Waals surface area contributed by atoms with Crippen molar-refractivity contribution in [2.75, 3.05) is 50.2 Å². The van der Waals surface area contributed by atoms with Gasteiger partial charge >= 0.3 is 0 Å². The Hall–Kier alpha value is -1.94. The minimum Gasteiger partial charge on any atom is -0.379 e. The smallest absolute Gasteiger partial charge is 0.264 e. The predicted molar refractivity (Wildman–Crippen MR) is 118 cm³/mol. The molecular weight excluding hydrogens is 470 g/mol. The van der Waals surface area contributed by atoms with E-state index in [1.54, 1.807) is 42.5 Å². The summed E-state index contributed by atoms with van der Waals surface area (Å²) in [6, 6.07) is 11.8. The monoisotopic (exact) mass is 493 g/mol. The number of morpholine rings is 1. The van der Waals surface area contributed by atoms with E-state index in [1.807, 2.05) is 0 Å². The number of anilines is 1. The Balaban J connectivity index is 1.43. The fourth-order valence-corrected chi connectivity index (χ4v) is 5.52. The van der Waals surface area contributed by atoms with Crippen LogP contribution in [0.15, 0.2) is 51.8 Å². The normalized spacial score (nSPS) is 17.0. The van der Waals surface area contributed by atoms with Crippen LogP contribution >= 0.6 is 15.9 Å². The van der Waals surface area contributed by atoms with Crippen molar-refractivity contribution >= 4 is 37.5 Å². The zero-order chi connectivity index (χ0) is 21.1. The van der Waals surface area contributed by atoms with E-state index in [0.717, 1.165) is 42.9 Å². The molecular formula is C21H24BrN3O4S. The van der Waals surface area contributed by atoms with Crippen LogP contribution in [0.5, 0.6) is 0 Å². The zero-order valence-corrected chi connectivity index (χ0v) is 18.9. The van der Waals surface area contributed by atoms with Crippen LogP contribution in [0.3, 0.4) is 0 Å². The minimum absolute atomic E-state index is 0.139. The molecule has 0 saturated carbocycles. The summed E-state index contributed by atoms with van der Waals surface area (Å²) >= 11 is 3.33. The van der Waals surface area contributed by atoms with Crippen LogP contribution in [0.25, 0.3) is 0 Å². The van der Waals surface area contributed by atoms with Crippen molar-refractivity contribution in [2.24, 2.45) is 0 Å². The maximum atomic E-state index is 13.0. The Morgan fingerprint density at radius 1 is 1.07 bits per heavy atom. The molecule has 2 aliphatic heterocycles. The van der Waals surface area contributed by atoms with Crippen molar-refractivity contribution in [3.63, 3.8) is 0 Å². The molecule has 2 aromatic rings. The van der Waals surface area contributed by atoms with Crippen LogP contribution in [0.2, 0.25) is 0 Å². The number of hydrogen-bond donors (Lipinski definition) is 1. The third kappa shape index (κ3) is 4.54. The van der Waals surface area contributed by atoms with Gasteiger partial charge in [0.1, 0.15) is 0 Å². The highest BCUT2D eigenvalue weighted by Crippen LogP contribution is 2.33. The van der Waals surface area contributed by atoms with Crippen LogP contribution in [-0.4, -0.2) is 65.2 Å². The fourth-order valence-electron chi connectivity index (χ4n) is 3.75. The molecule has 0 atom stereocenters. The number of amides is 1. The maximum Gasteiger partial charge on any atom is 0.264 e. The summed E-state index contributed by atoms with van der Waals surface area (Å²) in [5, 5.41) is 2.95. The first-order valence-corrected chi connectivity index (χ1v) is 12.2. The van der Waals surface area contributed by atoms with Crippen molar-refractivity contribution in [1.82, 2.24) is 10.2 Å². The Bertz CT molecular complexity index is 1020. The van der Waals surface area contributed by atoms with Gasteiger partial charge < -0.3 is 10.1 Å². The molecule has 1 saturated heterocycles. The van der Waals surface area contributed by atoms with Crippen molar-refractivity contribution in [2.45, 2.75) is 11.3 Å². The molecule has 0 spiro atoms. The molecule has 30 heavy (non-hydrogen) atoms. The lowest BCUT2D eigenvalue weighted by Gasteiger charge is -2.26. The average molecular weight is 494 g/mol.